The topological polar surface area (TPSA) is 87.9 Å². The summed E-state index contributed by atoms with van der Waals surface area (Å²) in [5, 5.41) is 7.23. The number of aromatic nitrogens is 1. The molecule has 0 bridgehead atoms. The van der Waals surface area contributed by atoms with E-state index in [1.807, 2.05) is 32.6 Å². The van der Waals surface area contributed by atoms with Crippen molar-refractivity contribution in [3.63, 3.8) is 0 Å². The maximum absolute atomic E-state index is 12.8. The first kappa shape index (κ1) is 22.3. The number of aryl methyl sites for hydroxylation is 2. The molecule has 3 aliphatic rings. The SMILES string of the molecule is CCN(CC)C(=O)C[C@@H]1OC[C@@H]2[C@H]1[C@H](CC(=O)NC1CC1)CN2Cc1c(C)noc1C. The van der Waals surface area contributed by atoms with E-state index in [4.69, 9.17) is 9.26 Å². The largest absolute Gasteiger partial charge is 0.376 e. The van der Waals surface area contributed by atoms with E-state index < -0.39 is 0 Å². The van der Waals surface area contributed by atoms with E-state index in [9.17, 15) is 9.59 Å². The summed E-state index contributed by atoms with van der Waals surface area (Å²) < 4.78 is 11.5. The Morgan fingerprint density at radius 3 is 2.55 bits per heavy atom. The smallest absolute Gasteiger partial charge is 0.225 e. The van der Waals surface area contributed by atoms with E-state index in [-0.39, 0.29) is 35.8 Å². The lowest BCUT2D eigenvalue weighted by Gasteiger charge is -2.26. The molecule has 31 heavy (non-hydrogen) atoms. The van der Waals surface area contributed by atoms with Gasteiger partial charge in [0.15, 0.2) is 0 Å². The number of carbonyl (C=O) groups is 2. The molecule has 1 aromatic rings. The number of nitrogens with zero attached hydrogens (tertiary/aromatic N) is 3. The minimum absolute atomic E-state index is 0.131. The molecule has 0 unspecified atom stereocenters. The summed E-state index contributed by atoms with van der Waals surface area (Å²) in [6.45, 7) is 11.5. The van der Waals surface area contributed by atoms with Crippen molar-refractivity contribution in [2.24, 2.45) is 11.8 Å². The zero-order valence-corrected chi connectivity index (χ0v) is 19.2. The third-order valence-corrected chi connectivity index (χ3v) is 7.26. The van der Waals surface area contributed by atoms with Gasteiger partial charge >= 0.3 is 0 Å². The highest BCUT2D eigenvalue weighted by molar-refractivity contribution is 5.77. The summed E-state index contributed by atoms with van der Waals surface area (Å²) >= 11 is 0. The average molecular weight is 433 g/mol. The molecule has 2 aliphatic heterocycles. The van der Waals surface area contributed by atoms with Crippen molar-refractivity contribution in [2.45, 2.75) is 78.1 Å². The van der Waals surface area contributed by atoms with Crippen molar-refractivity contribution in [3.8, 4) is 0 Å². The Morgan fingerprint density at radius 2 is 1.94 bits per heavy atom. The molecule has 0 spiro atoms. The molecular weight excluding hydrogens is 396 g/mol. The minimum Gasteiger partial charge on any atom is -0.376 e. The highest BCUT2D eigenvalue weighted by Crippen LogP contribution is 2.42. The highest BCUT2D eigenvalue weighted by atomic mass is 16.5. The van der Waals surface area contributed by atoms with Gasteiger partial charge in [-0.1, -0.05) is 5.16 Å². The van der Waals surface area contributed by atoms with Crippen LogP contribution in [0.4, 0.5) is 0 Å². The van der Waals surface area contributed by atoms with Crippen LogP contribution in [0.5, 0.6) is 0 Å². The molecule has 8 nitrogen and oxygen atoms in total. The first-order chi connectivity index (χ1) is 14.9. The first-order valence-electron chi connectivity index (χ1n) is 11.8. The van der Waals surface area contributed by atoms with Gasteiger partial charge in [-0.3, -0.25) is 14.5 Å². The van der Waals surface area contributed by atoms with Gasteiger partial charge in [-0.2, -0.15) is 0 Å². The van der Waals surface area contributed by atoms with Gasteiger partial charge < -0.3 is 19.5 Å². The van der Waals surface area contributed by atoms with Crippen LogP contribution in [0.15, 0.2) is 4.52 Å². The van der Waals surface area contributed by atoms with Crippen LogP contribution in [0.1, 0.15) is 56.5 Å². The zero-order valence-electron chi connectivity index (χ0n) is 19.2. The van der Waals surface area contributed by atoms with Crippen LogP contribution in [0.25, 0.3) is 0 Å². The number of likely N-dealkylation sites (tertiary alicyclic amines) is 1. The number of hydrogen-bond acceptors (Lipinski definition) is 6. The molecule has 1 saturated carbocycles. The summed E-state index contributed by atoms with van der Waals surface area (Å²) in [6, 6.07) is 0.574. The molecule has 3 fully saturated rings. The Labute approximate surface area is 184 Å². The Balaban J connectivity index is 1.49. The van der Waals surface area contributed by atoms with E-state index in [0.717, 1.165) is 42.9 Å². The van der Waals surface area contributed by atoms with Gasteiger partial charge in [0, 0.05) is 56.2 Å². The van der Waals surface area contributed by atoms with Gasteiger partial charge in [-0.05, 0) is 46.5 Å². The number of nitrogens with one attached hydrogen (secondary N) is 1. The highest BCUT2D eigenvalue weighted by Gasteiger charge is 2.51. The number of fused-ring (bicyclic) bond motifs is 1. The predicted molar refractivity (Wildman–Crippen MR) is 115 cm³/mol. The van der Waals surface area contributed by atoms with Gasteiger partial charge in [0.05, 0.1) is 24.8 Å². The third-order valence-electron chi connectivity index (χ3n) is 7.26. The molecule has 2 amide bonds. The Bertz CT molecular complexity index is 782. The van der Waals surface area contributed by atoms with Gasteiger partial charge in [0.1, 0.15) is 5.76 Å². The zero-order chi connectivity index (χ0) is 22.1. The lowest BCUT2D eigenvalue weighted by Crippen LogP contribution is -2.37. The van der Waals surface area contributed by atoms with Crippen LogP contribution in [0.3, 0.4) is 0 Å². The van der Waals surface area contributed by atoms with Crippen molar-refractivity contribution in [1.29, 1.82) is 0 Å². The van der Waals surface area contributed by atoms with Crippen LogP contribution in [0.2, 0.25) is 0 Å². The number of amides is 2. The normalized spacial score (nSPS) is 28.0. The molecule has 4 rings (SSSR count). The Hall–Kier alpha value is -1.93. The average Bonchev–Trinajstić information content (AvgIpc) is 3.22. The molecule has 0 radical (unpaired) electrons. The summed E-state index contributed by atoms with van der Waals surface area (Å²) in [6.07, 6.45) is 2.93. The Kier molecular flexibility index (Phi) is 6.67. The summed E-state index contributed by atoms with van der Waals surface area (Å²) in [7, 11) is 0. The fourth-order valence-electron chi connectivity index (χ4n) is 5.36. The van der Waals surface area contributed by atoms with E-state index in [1.54, 1.807) is 0 Å². The van der Waals surface area contributed by atoms with E-state index in [1.165, 1.54) is 0 Å². The second kappa shape index (κ2) is 9.28. The standard InChI is InChI=1S/C23H36N4O4/c1-5-26(6-2)22(29)10-20-23-16(9-21(28)24-17-7-8-17)11-27(19(23)13-30-20)12-18-14(3)25-31-15(18)4/h16-17,19-20,23H,5-13H2,1-4H3,(H,24,28)/t16-,19-,20+,23-/m1/s1. The molecule has 172 valence electrons. The van der Waals surface area contributed by atoms with Gasteiger partial charge in [-0.25, -0.2) is 0 Å². The number of ether oxygens (including phenoxy) is 1. The van der Waals surface area contributed by atoms with Crippen molar-refractivity contribution in [1.82, 2.24) is 20.3 Å². The summed E-state index contributed by atoms with van der Waals surface area (Å²) in [5.41, 5.74) is 2.03. The molecule has 1 aromatic heterocycles. The van der Waals surface area contributed by atoms with Crippen molar-refractivity contribution in [2.75, 3.05) is 26.2 Å². The molecular formula is C23H36N4O4. The molecule has 2 saturated heterocycles. The maximum Gasteiger partial charge on any atom is 0.225 e. The first-order valence-corrected chi connectivity index (χ1v) is 11.8. The fraction of sp³-hybridized carbons (Fsp3) is 0.783. The maximum atomic E-state index is 12.8. The fourth-order valence-corrected chi connectivity index (χ4v) is 5.36. The van der Waals surface area contributed by atoms with E-state index in [2.05, 4.69) is 15.4 Å². The van der Waals surface area contributed by atoms with Gasteiger partial charge in [0.2, 0.25) is 11.8 Å². The molecule has 3 heterocycles. The second-order valence-corrected chi connectivity index (χ2v) is 9.32. The molecule has 8 heteroatoms. The van der Waals surface area contributed by atoms with Crippen LogP contribution in [0, 0.1) is 25.7 Å². The molecule has 1 aliphatic carbocycles. The molecule has 0 aromatic carbocycles. The van der Waals surface area contributed by atoms with Crippen LogP contribution >= 0.6 is 0 Å². The summed E-state index contributed by atoms with van der Waals surface area (Å²) in [4.78, 5) is 29.7. The van der Waals surface area contributed by atoms with Gasteiger partial charge in [-0.15, -0.1) is 0 Å². The second-order valence-electron chi connectivity index (χ2n) is 9.32. The van der Waals surface area contributed by atoms with Crippen molar-refractivity contribution >= 4 is 11.8 Å². The van der Waals surface area contributed by atoms with Crippen LogP contribution in [-0.4, -0.2) is 71.2 Å². The molecule has 1 N–H and O–H groups in total. The lowest BCUT2D eigenvalue weighted by molar-refractivity contribution is -0.133. The number of carbonyl (C=O) groups excluding carboxylic acids is 2. The summed E-state index contributed by atoms with van der Waals surface area (Å²) in [5.74, 6) is 1.48. The Morgan fingerprint density at radius 1 is 1.19 bits per heavy atom. The van der Waals surface area contributed by atoms with Crippen molar-refractivity contribution in [3.05, 3.63) is 17.0 Å². The van der Waals surface area contributed by atoms with E-state index in [0.29, 0.717) is 38.6 Å². The van der Waals surface area contributed by atoms with Crippen molar-refractivity contribution < 1.29 is 18.8 Å². The lowest BCUT2D eigenvalue weighted by atomic mass is 9.84. The molecule has 4 atom stereocenters. The van der Waals surface area contributed by atoms with E-state index >= 15 is 0 Å². The number of rotatable bonds is 9. The number of hydrogen-bond donors (Lipinski definition) is 1. The minimum atomic E-state index is -0.133. The quantitative estimate of drug-likeness (QED) is 0.642. The third kappa shape index (κ3) is 4.80. The van der Waals surface area contributed by atoms with Gasteiger partial charge in [0.25, 0.3) is 0 Å². The van der Waals surface area contributed by atoms with Crippen LogP contribution < -0.4 is 5.32 Å². The predicted octanol–water partition coefficient (Wildman–Crippen LogP) is 2.03. The monoisotopic (exact) mass is 432 g/mol. The van der Waals surface area contributed by atoms with Crippen LogP contribution in [-0.2, 0) is 20.9 Å².